The number of para-hydroxylation sites is 1. The molecule has 4 rings (SSSR count). The molecule has 2 aromatic heterocycles. The maximum absolute atomic E-state index is 13.8. The zero-order valence-electron chi connectivity index (χ0n) is 17.7. The van der Waals surface area contributed by atoms with Crippen molar-refractivity contribution in [2.75, 3.05) is 7.11 Å². The number of rotatable bonds is 5. The van der Waals surface area contributed by atoms with Crippen LogP contribution in [-0.2, 0) is 7.05 Å². The Balaban J connectivity index is 1.59. The van der Waals surface area contributed by atoms with Gasteiger partial charge in [0.2, 0.25) is 0 Å². The Morgan fingerprint density at radius 2 is 1.97 bits per heavy atom. The number of halogens is 1. The lowest BCUT2D eigenvalue weighted by atomic mass is 9.86. The summed E-state index contributed by atoms with van der Waals surface area (Å²) in [7, 11) is 3.63. The lowest BCUT2D eigenvalue weighted by Crippen LogP contribution is -2.14. The summed E-state index contributed by atoms with van der Waals surface area (Å²) in [5.41, 5.74) is 4.37. The van der Waals surface area contributed by atoms with Crippen LogP contribution in [0.3, 0.4) is 0 Å². The summed E-state index contributed by atoms with van der Waals surface area (Å²) < 4.78 is 21.3. The highest BCUT2D eigenvalue weighted by Gasteiger charge is 2.21. The predicted molar refractivity (Wildman–Crippen MR) is 118 cm³/mol. The highest BCUT2D eigenvalue weighted by molar-refractivity contribution is 6.01. The average Bonchev–Trinajstić information content (AvgIpc) is 3.09. The van der Waals surface area contributed by atoms with Crippen molar-refractivity contribution in [1.29, 1.82) is 0 Å². The van der Waals surface area contributed by atoms with E-state index in [2.05, 4.69) is 4.98 Å². The number of Topliss-reactive ketones (excluding diaryl/α,β-unsaturated/α-hetero) is 1. The van der Waals surface area contributed by atoms with Gasteiger partial charge in [0.25, 0.3) is 0 Å². The Kier molecular flexibility index (Phi) is 6.16. The molecule has 1 aliphatic carbocycles. The molecule has 2 heterocycles. The quantitative estimate of drug-likeness (QED) is 0.477. The fraction of sp³-hybridized carbons (Fsp3) is 0.440. The number of alkyl halides is 1. The van der Waals surface area contributed by atoms with Gasteiger partial charge in [-0.1, -0.05) is 37.5 Å². The highest BCUT2D eigenvalue weighted by Crippen LogP contribution is 2.35. The molecule has 158 valence electrons. The van der Waals surface area contributed by atoms with Crippen molar-refractivity contribution in [2.24, 2.45) is 13.0 Å². The first kappa shape index (κ1) is 20.6. The summed E-state index contributed by atoms with van der Waals surface area (Å²) >= 11 is 0. The lowest BCUT2D eigenvalue weighted by molar-refractivity contribution is 0.0948. The van der Waals surface area contributed by atoms with Crippen LogP contribution in [-0.4, -0.2) is 28.6 Å². The van der Waals surface area contributed by atoms with Crippen molar-refractivity contribution in [1.82, 2.24) is 9.55 Å². The minimum Gasteiger partial charge on any atom is -0.496 e. The first-order chi connectivity index (χ1) is 14.6. The number of benzene rings is 1. The van der Waals surface area contributed by atoms with Crippen LogP contribution in [0.15, 0.2) is 42.7 Å². The second-order valence-electron chi connectivity index (χ2n) is 8.40. The van der Waals surface area contributed by atoms with Gasteiger partial charge in [-0.05, 0) is 37.3 Å². The van der Waals surface area contributed by atoms with E-state index in [9.17, 15) is 9.18 Å². The summed E-state index contributed by atoms with van der Waals surface area (Å²) in [4.78, 5) is 17.6. The van der Waals surface area contributed by atoms with Crippen molar-refractivity contribution in [3.05, 3.63) is 48.3 Å². The minimum atomic E-state index is -0.710. The molecule has 3 aromatic rings. The van der Waals surface area contributed by atoms with Gasteiger partial charge in [0.15, 0.2) is 5.78 Å². The zero-order chi connectivity index (χ0) is 21.1. The van der Waals surface area contributed by atoms with E-state index in [0.29, 0.717) is 24.8 Å². The molecule has 4 nitrogen and oxygen atoms in total. The normalized spacial score (nSPS) is 20.0. The first-order valence-electron chi connectivity index (χ1n) is 10.8. The van der Waals surface area contributed by atoms with Gasteiger partial charge in [0, 0.05) is 42.6 Å². The lowest BCUT2D eigenvalue weighted by Gasteiger charge is -2.20. The zero-order valence-corrected chi connectivity index (χ0v) is 17.7. The third kappa shape index (κ3) is 4.25. The van der Waals surface area contributed by atoms with Crippen molar-refractivity contribution in [2.45, 2.75) is 51.1 Å². The number of ketones is 1. The Hall–Kier alpha value is -2.69. The largest absolute Gasteiger partial charge is 0.496 e. The van der Waals surface area contributed by atoms with Gasteiger partial charge < -0.3 is 9.30 Å². The SMILES string of the molecule is COc1ccccc1-c1cn(C)c2cc(C(=O)CC3CCCCC(F)CC3)cnc12. The number of hydrogen-bond donors (Lipinski definition) is 0. The fourth-order valence-corrected chi connectivity index (χ4v) is 4.56. The van der Waals surface area contributed by atoms with Gasteiger partial charge >= 0.3 is 0 Å². The standard InChI is InChI=1S/C25H29FN2O2/c1-28-16-21(20-9-5-6-10-24(20)30-2)25-22(28)14-18(15-27-25)23(29)13-17-7-3-4-8-19(26)12-11-17/h5-6,9-10,14-17,19H,3-4,7-8,11-13H2,1-2H3. The van der Waals surface area contributed by atoms with E-state index in [1.54, 1.807) is 13.3 Å². The van der Waals surface area contributed by atoms with E-state index in [4.69, 9.17) is 4.74 Å². The van der Waals surface area contributed by atoms with Crippen LogP contribution in [0.5, 0.6) is 5.75 Å². The summed E-state index contributed by atoms with van der Waals surface area (Å²) in [6, 6.07) is 9.80. The molecule has 0 bridgehead atoms. The molecule has 1 fully saturated rings. The number of aryl methyl sites for hydroxylation is 1. The van der Waals surface area contributed by atoms with Crippen LogP contribution in [0.4, 0.5) is 4.39 Å². The molecule has 0 saturated heterocycles. The van der Waals surface area contributed by atoms with Gasteiger partial charge in [-0.3, -0.25) is 9.78 Å². The van der Waals surface area contributed by atoms with Crippen molar-refractivity contribution < 1.29 is 13.9 Å². The molecule has 0 amide bonds. The minimum absolute atomic E-state index is 0.102. The summed E-state index contributed by atoms with van der Waals surface area (Å²) in [6.07, 6.45) is 8.47. The van der Waals surface area contributed by atoms with E-state index in [0.717, 1.165) is 53.6 Å². The van der Waals surface area contributed by atoms with E-state index in [1.807, 2.05) is 48.1 Å². The molecule has 30 heavy (non-hydrogen) atoms. The third-order valence-electron chi connectivity index (χ3n) is 6.29. The van der Waals surface area contributed by atoms with Gasteiger partial charge in [-0.2, -0.15) is 0 Å². The summed E-state index contributed by atoms with van der Waals surface area (Å²) in [5.74, 6) is 1.16. The maximum atomic E-state index is 13.8. The molecular formula is C25H29FN2O2. The van der Waals surface area contributed by atoms with Crippen molar-refractivity contribution >= 4 is 16.8 Å². The number of aromatic nitrogens is 2. The molecule has 1 saturated carbocycles. The topological polar surface area (TPSA) is 44.1 Å². The van der Waals surface area contributed by atoms with Gasteiger partial charge in [-0.15, -0.1) is 0 Å². The third-order valence-corrected chi connectivity index (χ3v) is 6.29. The number of methoxy groups -OCH3 is 1. The van der Waals surface area contributed by atoms with Crippen LogP contribution < -0.4 is 4.74 Å². The summed E-state index contributed by atoms with van der Waals surface area (Å²) in [5, 5.41) is 0. The van der Waals surface area contributed by atoms with Crippen LogP contribution in [0.1, 0.15) is 55.3 Å². The number of ether oxygens (including phenoxy) is 1. The van der Waals surface area contributed by atoms with E-state index in [-0.39, 0.29) is 11.7 Å². The number of hydrogen-bond acceptors (Lipinski definition) is 3. The number of fused-ring (bicyclic) bond motifs is 1. The Bertz CT molecular complexity index is 1040. The van der Waals surface area contributed by atoms with Crippen LogP contribution >= 0.6 is 0 Å². The predicted octanol–water partition coefficient (Wildman–Crippen LogP) is 6.13. The smallest absolute Gasteiger partial charge is 0.164 e. The monoisotopic (exact) mass is 408 g/mol. The molecule has 2 unspecified atom stereocenters. The van der Waals surface area contributed by atoms with Crippen LogP contribution in [0.25, 0.3) is 22.2 Å². The highest BCUT2D eigenvalue weighted by atomic mass is 19.1. The number of nitrogens with zero attached hydrogens (tertiary/aromatic N) is 2. The Labute approximate surface area is 177 Å². The first-order valence-corrected chi connectivity index (χ1v) is 10.8. The maximum Gasteiger partial charge on any atom is 0.164 e. The van der Waals surface area contributed by atoms with Gasteiger partial charge in [0.05, 0.1) is 18.1 Å². The number of carbonyl (C=O) groups is 1. The summed E-state index contributed by atoms with van der Waals surface area (Å²) in [6.45, 7) is 0. The fourth-order valence-electron chi connectivity index (χ4n) is 4.56. The Morgan fingerprint density at radius 3 is 2.80 bits per heavy atom. The van der Waals surface area contributed by atoms with Gasteiger partial charge in [0.1, 0.15) is 11.9 Å². The van der Waals surface area contributed by atoms with E-state index >= 15 is 0 Å². The van der Waals surface area contributed by atoms with Gasteiger partial charge in [-0.25, -0.2) is 4.39 Å². The molecule has 2 atom stereocenters. The molecule has 0 aliphatic heterocycles. The van der Waals surface area contributed by atoms with Crippen LogP contribution in [0.2, 0.25) is 0 Å². The molecule has 1 aromatic carbocycles. The molecule has 0 N–H and O–H groups in total. The molecular weight excluding hydrogens is 379 g/mol. The second kappa shape index (κ2) is 8.99. The van der Waals surface area contributed by atoms with Crippen LogP contribution in [0, 0.1) is 5.92 Å². The average molecular weight is 409 g/mol. The molecule has 0 spiro atoms. The molecule has 5 heteroatoms. The van der Waals surface area contributed by atoms with E-state index in [1.165, 1.54) is 0 Å². The Morgan fingerprint density at radius 1 is 1.17 bits per heavy atom. The second-order valence-corrected chi connectivity index (χ2v) is 8.40. The molecule has 1 aliphatic rings. The van der Waals surface area contributed by atoms with Crippen molar-refractivity contribution in [3.63, 3.8) is 0 Å². The van der Waals surface area contributed by atoms with E-state index < -0.39 is 6.17 Å². The number of pyridine rings is 1. The molecule has 0 radical (unpaired) electrons. The van der Waals surface area contributed by atoms with Crippen molar-refractivity contribution in [3.8, 4) is 16.9 Å². The number of carbonyl (C=O) groups excluding carboxylic acids is 1.